The summed E-state index contributed by atoms with van der Waals surface area (Å²) in [5.41, 5.74) is 0. The molecule has 5 heavy (non-hydrogen) atoms. The van der Waals surface area contributed by atoms with Gasteiger partial charge in [0.25, 0.3) is 0 Å². The first-order chi connectivity index (χ1) is 2.27. The van der Waals surface area contributed by atoms with E-state index < -0.39 is 0 Å². The Hall–Kier alpha value is 1.35. The summed E-state index contributed by atoms with van der Waals surface area (Å²) in [6.07, 6.45) is 0.681. The first-order valence-corrected chi connectivity index (χ1v) is 3.63. The van der Waals surface area contributed by atoms with Crippen LogP contribution in [0.3, 0.4) is 0 Å². The van der Waals surface area contributed by atoms with E-state index in [4.69, 9.17) is 0 Å². The molecule has 0 saturated heterocycles. The van der Waals surface area contributed by atoms with E-state index in [2.05, 4.69) is 27.5 Å². The second-order valence-electron chi connectivity index (χ2n) is 0.900. The van der Waals surface area contributed by atoms with Crippen molar-refractivity contribution in [1.29, 1.82) is 0 Å². The number of hydrogen-bond acceptors (Lipinski definition) is 0. The summed E-state index contributed by atoms with van der Waals surface area (Å²) in [5, 5.41) is 0. The van der Waals surface area contributed by atoms with Gasteiger partial charge < -0.3 is 0 Å². The Labute approximate surface area is 40.5 Å². The van der Waals surface area contributed by atoms with Crippen LogP contribution in [-0.2, 0) is 0 Å². The Morgan fingerprint density at radius 2 is 1.60 bits per heavy atom. The van der Waals surface area contributed by atoms with Crippen LogP contribution in [0.25, 0.3) is 0 Å². The van der Waals surface area contributed by atoms with E-state index in [9.17, 15) is 0 Å². The van der Waals surface area contributed by atoms with Gasteiger partial charge in [-0.25, -0.2) is 0 Å². The molecule has 0 bridgehead atoms. The molecule has 30 valence electrons. The monoisotopic (exact) mass is 124 g/mol. The van der Waals surface area contributed by atoms with Gasteiger partial charge in [0.2, 0.25) is 0 Å². The lowest BCUT2D eigenvalue weighted by Gasteiger charge is -1.84. The molecule has 0 amide bonds. The molecule has 4 heteroatoms. The second-order valence-corrected chi connectivity index (χ2v) is 3.85. The van der Waals surface area contributed by atoms with Crippen molar-refractivity contribution < 1.29 is 0 Å². The van der Waals surface area contributed by atoms with Crippen LogP contribution < -0.4 is 0 Å². The second kappa shape index (κ2) is 3.54. The molecular weight excluding hydrogens is 116 g/mol. The normalized spacial score (nSPS) is 7.80. The molecule has 0 fully saturated rings. The molecule has 0 nitrogen and oxygen atoms in total. The summed E-state index contributed by atoms with van der Waals surface area (Å²) in [7, 11) is 8.00. The summed E-state index contributed by atoms with van der Waals surface area (Å²) < 4.78 is 0. The fourth-order valence-corrected chi connectivity index (χ4v) is 0. The minimum atomic E-state index is 0.681. The van der Waals surface area contributed by atoms with Crippen molar-refractivity contribution in [3.8, 4) is 0 Å². The molecule has 0 rings (SSSR count). The van der Waals surface area contributed by atoms with Crippen molar-refractivity contribution in [2.45, 2.75) is 0 Å². The van der Waals surface area contributed by atoms with Gasteiger partial charge in [-0.3, -0.25) is 0 Å². The molecule has 0 N–H and O–H groups in total. The molecule has 0 aliphatic heterocycles. The van der Waals surface area contributed by atoms with Crippen molar-refractivity contribution in [3.63, 3.8) is 0 Å². The smallest absolute Gasteiger partial charge is 0.166 e. The van der Waals surface area contributed by atoms with Gasteiger partial charge in [-0.15, -0.1) is 9.24 Å². The summed E-state index contributed by atoms with van der Waals surface area (Å²) in [6.45, 7) is 0. The quantitative estimate of drug-likeness (QED) is 0.355. The van der Waals surface area contributed by atoms with Crippen LogP contribution in [0, 0.1) is 0 Å². The molecule has 0 aliphatic carbocycles. The summed E-state index contributed by atoms with van der Waals surface area (Å²) in [4.78, 5) is 0. The molecule has 0 aromatic carbocycles. The maximum absolute atomic E-state index is 2.68. The predicted molar refractivity (Wildman–Crippen MR) is 39.8 cm³/mol. The summed E-state index contributed by atoms with van der Waals surface area (Å²) in [5.74, 6) is 0. The largest absolute Gasteiger partial charge is 0.190 e. The van der Waals surface area contributed by atoms with Gasteiger partial charge in [0, 0.05) is 0 Å². The Kier molecular flexibility index (Phi) is 4.50. The highest BCUT2D eigenvalue weighted by Gasteiger charge is 1.87. The molecule has 0 aromatic rings. The lowest BCUT2D eigenvalue weighted by molar-refractivity contribution is 2.22. The zero-order chi connectivity index (χ0) is 4.28. The Balaban J connectivity index is 2.54. The van der Waals surface area contributed by atoms with Crippen LogP contribution in [0.2, 0.25) is 0 Å². The average Bonchev–Trinajstić information content (AvgIpc) is 1.38. The standard InChI is InChI=1S/CH8BP3/c3-1-2(4)5/h1,3-5H2. The van der Waals surface area contributed by atoms with E-state index in [-0.39, 0.29) is 0 Å². The highest BCUT2D eigenvalue weighted by atomic mass is 31.1. The van der Waals surface area contributed by atoms with Gasteiger partial charge >= 0.3 is 0 Å². The minimum Gasteiger partial charge on any atom is -0.166 e. The third-order valence-corrected chi connectivity index (χ3v) is 2.45. The third-order valence-electron chi connectivity index (χ3n) is 0.272. The molecule has 0 saturated carbocycles. The Morgan fingerprint density at radius 1 is 1.40 bits per heavy atom. The maximum atomic E-state index is 2.68. The number of hydrogen-bond donors (Lipinski definition) is 0. The Bertz CT molecular complexity index is 20.9. The van der Waals surface area contributed by atoms with E-state index >= 15 is 0 Å². The van der Waals surface area contributed by atoms with Crippen LogP contribution in [-0.4, -0.2) is 12.2 Å². The molecule has 3 unspecified atom stereocenters. The van der Waals surface area contributed by atoms with E-state index in [1.54, 1.807) is 0 Å². The van der Waals surface area contributed by atoms with Gasteiger partial charge in [0.15, 0.2) is 6.15 Å². The van der Waals surface area contributed by atoms with Gasteiger partial charge in [0.05, 0.1) is 0 Å². The van der Waals surface area contributed by atoms with E-state index in [1.807, 2.05) is 0 Å². The van der Waals surface area contributed by atoms with Gasteiger partial charge in [-0.1, -0.05) is 6.06 Å². The van der Waals surface area contributed by atoms with Crippen molar-refractivity contribution in [2.24, 2.45) is 0 Å². The van der Waals surface area contributed by atoms with Crippen LogP contribution >= 0.6 is 27.5 Å². The maximum Gasteiger partial charge on any atom is 0.190 e. The first kappa shape index (κ1) is 6.35. The van der Waals surface area contributed by atoms with E-state index in [0.717, 1.165) is 6.06 Å². The zero-order valence-corrected chi connectivity index (χ0v) is 6.48. The number of rotatable bonds is 1. The van der Waals surface area contributed by atoms with Crippen molar-refractivity contribution in [3.05, 3.63) is 0 Å². The predicted octanol–water partition coefficient (Wildman–Crippen LogP) is 0.639. The lowest BCUT2D eigenvalue weighted by atomic mass is 10.2. The lowest BCUT2D eigenvalue weighted by Crippen LogP contribution is -1.88. The van der Waals surface area contributed by atoms with Crippen molar-refractivity contribution >= 4 is 33.6 Å². The summed E-state index contributed by atoms with van der Waals surface area (Å²) >= 11 is 0. The minimum absolute atomic E-state index is 0.681. The third kappa shape index (κ3) is 5.35. The highest BCUT2D eigenvalue weighted by Crippen LogP contribution is 2.04. The van der Waals surface area contributed by atoms with E-state index in [1.165, 1.54) is 0 Å². The molecule has 0 spiro atoms. The topological polar surface area (TPSA) is 0 Å². The SMILES string of the molecule is PCB(P)P. The van der Waals surface area contributed by atoms with Gasteiger partial charge in [-0.05, 0) is 0 Å². The molecule has 3 atom stereocenters. The fourth-order valence-electron chi connectivity index (χ4n) is 0. The zero-order valence-electron chi connectivity index (χ0n) is 3.02. The fraction of sp³-hybridized carbons (Fsp3) is 1.00. The van der Waals surface area contributed by atoms with Crippen LogP contribution in [0.5, 0.6) is 0 Å². The van der Waals surface area contributed by atoms with Crippen LogP contribution in [0.1, 0.15) is 0 Å². The van der Waals surface area contributed by atoms with Crippen LogP contribution in [0.4, 0.5) is 0 Å². The van der Waals surface area contributed by atoms with Crippen molar-refractivity contribution in [1.82, 2.24) is 0 Å². The molecule has 0 aromatic heterocycles. The molecular formula is CH8BP3. The Morgan fingerprint density at radius 3 is 1.60 bits per heavy atom. The van der Waals surface area contributed by atoms with Crippen molar-refractivity contribution in [2.75, 3.05) is 6.06 Å². The van der Waals surface area contributed by atoms with Gasteiger partial charge in [-0.2, -0.15) is 18.2 Å². The van der Waals surface area contributed by atoms with Crippen LogP contribution in [0.15, 0.2) is 0 Å². The van der Waals surface area contributed by atoms with E-state index in [0.29, 0.717) is 6.15 Å². The first-order valence-electron chi connectivity index (χ1n) is 1.48. The van der Waals surface area contributed by atoms with Gasteiger partial charge in [0.1, 0.15) is 0 Å². The summed E-state index contributed by atoms with van der Waals surface area (Å²) in [6, 6.07) is 1.15. The highest BCUT2D eigenvalue weighted by molar-refractivity contribution is 7.95. The molecule has 0 aliphatic rings. The average molecular weight is 124 g/mol. The molecule has 0 radical (unpaired) electrons. The molecule has 0 heterocycles.